The molecule has 0 aromatic carbocycles. The molecule has 1 atom stereocenters. The van der Waals surface area contributed by atoms with Crippen molar-refractivity contribution in [1.82, 2.24) is 10.3 Å². The Labute approximate surface area is 112 Å². The summed E-state index contributed by atoms with van der Waals surface area (Å²) in [6, 6.07) is 0.173. The van der Waals surface area contributed by atoms with E-state index in [0.717, 1.165) is 24.3 Å². The zero-order valence-electron chi connectivity index (χ0n) is 11.4. The number of hydrogen-bond donors (Lipinski definition) is 1. The molecule has 0 fully saturated rings. The van der Waals surface area contributed by atoms with Gasteiger partial charge >= 0.3 is 6.09 Å². The van der Waals surface area contributed by atoms with E-state index in [0.29, 0.717) is 0 Å². The molecule has 0 saturated heterocycles. The van der Waals surface area contributed by atoms with Crippen molar-refractivity contribution in [3.8, 4) is 0 Å². The van der Waals surface area contributed by atoms with E-state index in [9.17, 15) is 4.79 Å². The van der Waals surface area contributed by atoms with Gasteiger partial charge in [0.15, 0.2) is 0 Å². The summed E-state index contributed by atoms with van der Waals surface area (Å²) in [4.78, 5) is 17.5. The first-order chi connectivity index (χ1) is 8.33. The van der Waals surface area contributed by atoms with Crippen molar-refractivity contribution in [3.63, 3.8) is 0 Å². The molecule has 100 valence electrons. The highest BCUT2D eigenvalue weighted by Crippen LogP contribution is 2.26. The molecular formula is C13H20N2O2S. The molecule has 4 nitrogen and oxygen atoms in total. The van der Waals surface area contributed by atoms with E-state index in [4.69, 9.17) is 4.74 Å². The Morgan fingerprint density at radius 1 is 1.50 bits per heavy atom. The van der Waals surface area contributed by atoms with Gasteiger partial charge in [0.1, 0.15) is 5.60 Å². The fourth-order valence-electron chi connectivity index (χ4n) is 2.10. The third-order valence-electron chi connectivity index (χ3n) is 2.77. The monoisotopic (exact) mass is 268 g/mol. The number of aromatic nitrogens is 1. The Kier molecular flexibility index (Phi) is 3.61. The van der Waals surface area contributed by atoms with Crippen LogP contribution in [0, 0.1) is 6.92 Å². The highest BCUT2D eigenvalue weighted by atomic mass is 32.1. The number of hydrogen-bond acceptors (Lipinski definition) is 4. The Morgan fingerprint density at radius 2 is 2.22 bits per heavy atom. The van der Waals surface area contributed by atoms with Crippen LogP contribution < -0.4 is 5.32 Å². The van der Waals surface area contributed by atoms with Crippen LogP contribution >= 0.6 is 11.3 Å². The van der Waals surface area contributed by atoms with Crippen molar-refractivity contribution in [2.24, 2.45) is 0 Å². The van der Waals surface area contributed by atoms with Crippen LogP contribution in [0.2, 0.25) is 0 Å². The second-order valence-corrected chi connectivity index (χ2v) is 6.98. The van der Waals surface area contributed by atoms with Gasteiger partial charge in [0.25, 0.3) is 0 Å². The number of ether oxygens (including phenoxy) is 1. The number of aryl methyl sites for hydroxylation is 2. The summed E-state index contributed by atoms with van der Waals surface area (Å²) in [7, 11) is 0. The van der Waals surface area contributed by atoms with Crippen molar-refractivity contribution in [2.45, 2.75) is 58.6 Å². The smallest absolute Gasteiger partial charge is 0.407 e. The zero-order chi connectivity index (χ0) is 13.3. The predicted octanol–water partition coefficient (Wildman–Crippen LogP) is 2.83. The van der Waals surface area contributed by atoms with E-state index in [2.05, 4.69) is 10.3 Å². The van der Waals surface area contributed by atoms with E-state index >= 15 is 0 Å². The first-order valence-electron chi connectivity index (χ1n) is 6.28. The fraction of sp³-hybridized carbons (Fsp3) is 0.692. The Hall–Kier alpha value is -1.10. The van der Waals surface area contributed by atoms with Crippen molar-refractivity contribution < 1.29 is 9.53 Å². The largest absolute Gasteiger partial charge is 0.444 e. The highest BCUT2D eigenvalue weighted by molar-refractivity contribution is 7.11. The Balaban J connectivity index is 1.91. The third-order valence-corrected chi connectivity index (χ3v) is 3.80. The maximum atomic E-state index is 11.7. The summed E-state index contributed by atoms with van der Waals surface area (Å²) in [5.74, 6) is 0. The molecule has 1 aromatic rings. The van der Waals surface area contributed by atoms with E-state index in [1.165, 1.54) is 10.6 Å². The van der Waals surface area contributed by atoms with Crippen molar-refractivity contribution in [3.05, 3.63) is 15.6 Å². The summed E-state index contributed by atoms with van der Waals surface area (Å²) >= 11 is 1.73. The molecule has 2 rings (SSSR count). The molecule has 0 unspecified atom stereocenters. The van der Waals surface area contributed by atoms with Crippen LogP contribution in [-0.4, -0.2) is 22.7 Å². The standard InChI is InChI=1S/C13H20N2O2S/c1-8-14-10-6-5-9(7-11(10)18-8)15-12(16)17-13(2,3)4/h9H,5-7H2,1-4H3,(H,15,16)/t9-/m1/s1. The van der Waals surface area contributed by atoms with Crippen molar-refractivity contribution in [1.29, 1.82) is 0 Å². The SMILES string of the molecule is Cc1nc2c(s1)C[C@H](NC(=O)OC(C)(C)C)CC2. The van der Waals surface area contributed by atoms with E-state index in [1.54, 1.807) is 11.3 Å². The van der Waals surface area contributed by atoms with E-state index < -0.39 is 5.60 Å². The maximum absolute atomic E-state index is 11.7. The molecule has 1 aliphatic rings. The van der Waals surface area contributed by atoms with Gasteiger partial charge in [0, 0.05) is 17.3 Å². The molecule has 0 bridgehead atoms. The zero-order valence-corrected chi connectivity index (χ0v) is 12.2. The molecule has 18 heavy (non-hydrogen) atoms. The molecule has 0 radical (unpaired) electrons. The highest BCUT2D eigenvalue weighted by Gasteiger charge is 2.25. The molecule has 1 heterocycles. The van der Waals surface area contributed by atoms with Crippen LogP contribution in [0.3, 0.4) is 0 Å². The number of fused-ring (bicyclic) bond motifs is 1. The van der Waals surface area contributed by atoms with Crippen molar-refractivity contribution in [2.75, 3.05) is 0 Å². The molecular weight excluding hydrogens is 248 g/mol. The first-order valence-corrected chi connectivity index (χ1v) is 7.10. The number of carbonyl (C=O) groups excluding carboxylic acids is 1. The molecule has 5 heteroatoms. The summed E-state index contributed by atoms with van der Waals surface area (Å²) in [6.45, 7) is 7.65. The van der Waals surface area contributed by atoms with Crippen LogP contribution in [0.1, 0.15) is 42.8 Å². The van der Waals surface area contributed by atoms with Crippen LogP contribution in [0.25, 0.3) is 0 Å². The molecule has 1 aromatic heterocycles. The summed E-state index contributed by atoms with van der Waals surface area (Å²) in [5, 5.41) is 4.05. The summed E-state index contributed by atoms with van der Waals surface area (Å²) in [5.41, 5.74) is 0.769. The molecule has 0 aliphatic heterocycles. The minimum Gasteiger partial charge on any atom is -0.444 e. The molecule has 0 spiro atoms. The van der Waals surface area contributed by atoms with Gasteiger partial charge in [-0.05, 0) is 40.5 Å². The number of amides is 1. The minimum atomic E-state index is -0.439. The summed E-state index contributed by atoms with van der Waals surface area (Å²) in [6.07, 6.45) is 2.44. The average molecular weight is 268 g/mol. The minimum absolute atomic E-state index is 0.173. The van der Waals surface area contributed by atoms with Gasteiger partial charge in [-0.25, -0.2) is 9.78 Å². The van der Waals surface area contributed by atoms with Gasteiger partial charge in [0.05, 0.1) is 10.7 Å². The fourth-order valence-corrected chi connectivity index (χ4v) is 3.16. The normalized spacial score (nSPS) is 19.2. The second-order valence-electron chi connectivity index (χ2n) is 5.69. The average Bonchev–Trinajstić information content (AvgIpc) is 2.53. The van der Waals surface area contributed by atoms with Crippen LogP contribution in [0.5, 0.6) is 0 Å². The lowest BCUT2D eigenvalue weighted by molar-refractivity contribution is 0.0500. The number of carbonyl (C=O) groups is 1. The number of nitrogens with zero attached hydrogens (tertiary/aromatic N) is 1. The maximum Gasteiger partial charge on any atom is 0.407 e. The molecule has 1 N–H and O–H groups in total. The van der Waals surface area contributed by atoms with Gasteiger partial charge in [-0.15, -0.1) is 11.3 Å². The predicted molar refractivity (Wildman–Crippen MR) is 72.0 cm³/mol. The molecule has 1 amide bonds. The quantitative estimate of drug-likeness (QED) is 0.852. The second kappa shape index (κ2) is 4.88. The van der Waals surface area contributed by atoms with Crippen molar-refractivity contribution >= 4 is 17.4 Å². The van der Waals surface area contributed by atoms with Crippen LogP contribution in [0.15, 0.2) is 0 Å². The van der Waals surface area contributed by atoms with Gasteiger partial charge in [-0.3, -0.25) is 0 Å². The van der Waals surface area contributed by atoms with Gasteiger partial charge < -0.3 is 10.1 Å². The number of rotatable bonds is 1. The lowest BCUT2D eigenvalue weighted by Crippen LogP contribution is -2.41. The molecule has 1 aliphatic carbocycles. The Bertz CT molecular complexity index is 448. The van der Waals surface area contributed by atoms with Gasteiger partial charge in [0.2, 0.25) is 0 Å². The lowest BCUT2D eigenvalue weighted by atomic mass is 9.98. The van der Waals surface area contributed by atoms with E-state index in [1.807, 2.05) is 27.7 Å². The summed E-state index contributed by atoms with van der Waals surface area (Å²) < 4.78 is 5.27. The number of nitrogens with one attached hydrogen (secondary N) is 1. The van der Waals surface area contributed by atoms with E-state index in [-0.39, 0.29) is 12.1 Å². The van der Waals surface area contributed by atoms with Crippen LogP contribution in [0.4, 0.5) is 4.79 Å². The number of thiazole rings is 1. The lowest BCUT2D eigenvalue weighted by Gasteiger charge is -2.25. The van der Waals surface area contributed by atoms with Gasteiger partial charge in [-0.2, -0.15) is 0 Å². The Morgan fingerprint density at radius 3 is 2.89 bits per heavy atom. The van der Waals surface area contributed by atoms with Crippen LogP contribution in [-0.2, 0) is 17.6 Å². The molecule has 0 saturated carbocycles. The third kappa shape index (κ3) is 3.45. The topological polar surface area (TPSA) is 51.2 Å². The number of alkyl carbamates (subject to hydrolysis) is 1. The first kappa shape index (κ1) is 13.3. The van der Waals surface area contributed by atoms with Gasteiger partial charge in [-0.1, -0.05) is 0 Å².